The molecule has 0 aliphatic heterocycles. The van der Waals surface area contributed by atoms with Crippen LogP contribution in [-0.4, -0.2) is 22.2 Å². The first-order valence-electron chi connectivity index (χ1n) is 7.93. The largest absolute Gasteiger partial charge is 0.354 e. The van der Waals surface area contributed by atoms with Crippen LogP contribution in [-0.2, 0) is 11.3 Å². The summed E-state index contributed by atoms with van der Waals surface area (Å²) in [4.78, 5) is 23.8. The van der Waals surface area contributed by atoms with Crippen molar-refractivity contribution in [3.05, 3.63) is 51.8 Å². The Kier molecular flexibility index (Phi) is 5.68. The summed E-state index contributed by atoms with van der Waals surface area (Å²) in [6.45, 7) is 6.72. The van der Waals surface area contributed by atoms with Gasteiger partial charge in [0.15, 0.2) is 0 Å². The number of carbonyl (C=O) groups excluding carboxylic acids is 1. The lowest BCUT2D eigenvalue weighted by atomic mass is 10.0. The molecule has 1 aromatic heterocycles. The van der Waals surface area contributed by atoms with Gasteiger partial charge in [-0.05, 0) is 43.5 Å². The van der Waals surface area contributed by atoms with Gasteiger partial charge in [-0.2, -0.15) is 5.10 Å². The van der Waals surface area contributed by atoms with Crippen molar-refractivity contribution in [2.45, 2.75) is 40.2 Å². The fourth-order valence-electron chi connectivity index (χ4n) is 2.21. The Bertz CT molecular complexity index is 750. The highest BCUT2D eigenvalue weighted by atomic mass is 16.2. The lowest BCUT2D eigenvalue weighted by molar-refractivity contribution is -0.121. The summed E-state index contributed by atoms with van der Waals surface area (Å²) < 4.78 is 1.21. The molecule has 5 nitrogen and oxygen atoms in total. The van der Waals surface area contributed by atoms with Crippen LogP contribution in [0.2, 0.25) is 0 Å². The molecule has 1 N–H and O–H groups in total. The van der Waals surface area contributed by atoms with Gasteiger partial charge in [-0.1, -0.05) is 25.5 Å². The number of carbonyl (C=O) groups is 1. The van der Waals surface area contributed by atoms with Crippen molar-refractivity contribution in [3.8, 4) is 11.3 Å². The van der Waals surface area contributed by atoms with Gasteiger partial charge in [-0.3, -0.25) is 9.59 Å². The van der Waals surface area contributed by atoms with E-state index in [9.17, 15) is 9.59 Å². The van der Waals surface area contributed by atoms with Crippen molar-refractivity contribution in [1.29, 1.82) is 0 Å². The Labute approximate surface area is 136 Å². The first-order valence-corrected chi connectivity index (χ1v) is 7.93. The van der Waals surface area contributed by atoms with E-state index < -0.39 is 0 Å². The molecule has 1 aromatic carbocycles. The highest BCUT2D eigenvalue weighted by Gasteiger charge is 2.08. The molecule has 0 saturated heterocycles. The maximum absolute atomic E-state index is 11.9. The van der Waals surface area contributed by atoms with Gasteiger partial charge in [-0.25, -0.2) is 4.68 Å². The first kappa shape index (κ1) is 16.9. The first-order chi connectivity index (χ1) is 11.0. The van der Waals surface area contributed by atoms with Crippen molar-refractivity contribution in [2.24, 2.45) is 0 Å². The summed E-state index contributed by atoms with van der Waals surface area (Å²) in [7, 11) is 0. The summed E-state index contributed by atoms with van der Waals surface area (Å²) in [5.41, 5.74) is 3.72. The van der Waals surface area contributed by atoms with Crippen LogP contribution in [0, 0.1) is 13.8 Å². The molecule has 0 fully saturated rings. The summed E-state index contributed by atoms with van der Waals surface area (Å²) >= 11 is 0. The number of rotatable bonds is 6. The Balaban J connectivity index is 2.20. The second-order valence-electron chi connectivity index (χ2n) is 5.72. The molecule has 1 heterocycles. The predicted octanol–water partition coefficient (Wildman–Crippen LogP) is 2.44. The maximum Gasteiger partial charge on any atom is 0.267 e. The number of amides is 1. The molecule has 0 aliphatic carbocycles. The van der Waals surface area contributed by atoms with Crippen LogP contribution in [0.25, 0.3) is 11.3 Å². The normalized spacial score (nSPS) is 10.6. The third-order valence-electron chi connectivity index (χ3n) is 3.82. The van der Waals surface area contributed by atoms with Gasteiger partial charge in [-0.15, -0.1) is 0 Å². The van der Waals surface area contributed by atoms with Crippen molar-refractivity contribution in [2.75, 3.05) is 6.54 Å². The third-order valence-corrected chi connectivity index (χ3v) is 3.82. The van der Waals surface area contributed by atoms with Gasteiger partial charge in [0.1, 0.15) is 6.54 Å². The fourth-order valence-corrected chi connectivity index (χ4v) is 2.21. The third kappa shape index (κ3) is 4.52. The molecule has 0 unspecified atom stereocenters. The van der Waals surface area contributed by atoms with E-state index in [4.69, 9.17) is 0 Å². The summed E-state index contributed by atoms with van der Waals surface area (Å²) in [6.07, 6.45) is 1.94. The zero-order valence-electron chi connectivity index (χ0n) is 13.9. The molecule has 0 saturated carbocycles. The molecule has 0 aliphatic rings. The summed E-state index contributed by atoms with van der Waals surface area (Å²) in [5, 5.41) is 7.12. The number of aromatic nitrogens is 2. The number of benzene rings is 1. The molecular weight excluding hydrogens is 290 g/mol. The average Bonchev–Trinajstić information content (AvgIpc) is 2.52. The van der Waals surface area contributed by atoms with E-state index in [-0.39, 0.29) is 18.0 Å². The quantitative estimate of drug-likeness (QED) is 0.833. The number of unbranched alkanes of at least 4 members (excludes halogenated alkanes) is 1. The number of nitrogens with zero attached hydrogens (tertiary/aromatic N) is 2. The van der Waals surface area contributed by atoms with Crippen LogP contribution in [0.1, 0.15) is 30.9 Å². The highest BCUT2D eigenvalue weighted by molar-refractivity contribution is 5.75. The van der Waals surface area contributed by atoms with Crippen molar-refractivity contribution >= 4 is 5.91 Å². The molecule has 0 radical (unpaired) electrons. The number of hydrogen-bond acceptors (Lipinski definition) is 3. The molecule has 2 aromatic rings. The van der Waals surface area contributed by atoms with Crippen molar-refractivity contribution < 1.29 is 4.79 Å². The molecule has 5 heteroatoms. The maximum atomic E-state index is 11.9. The predicted molar refractivity (Wildman–Crippen MR) is 91.3 cm³/mol. The van der Waals surface area contributed by atoms with Crippen LogP contribution < -0.4 is 10.9 Å². The SMILES string of the molecule is CCCCNC(=O)Cn1nc(-c2ccc(C)c(C)c2)ccc1=O. The van der Waals surface area contributed by atoms with E-state index in [2.05, 4.69) is 17.3 Å². The zero-order chi connectivity index (χ0) is 16.8. The van der Waals surface area contributed by atoms with Crippen LogP contribution in [0.15, 0.2) is 35.1 Å². The zero-order valence-corrected chi connectivity index (χ0v) is 13.9. The second-order valence-corrected chi connectivity index (χ2v) is 5.72. The molecule has 2 rings (SSSR count). The Hall–Kier alpha value is -2.43. The average molecular weight is 313 g/mol. The molecule has 1 amide bonds. The number of hydrogen-bond donors (Lipinski definition) is 1. The van der Waals surface area contributed by atoms with E-state index >= 15 is 0 Å². The smallest absolute Gasteiger partial charge is 0.267 e. The molecule has 23 heavy (non-hydrogen) atoms. The van der Waals surface area contributed by atoms with E-state index in [0.29, 0.717) is 12.2 Å². The number of aryl methyl sites for hydroxylation is 2. The summed E-state index contributed by atoms with van der Waals surface area (Å²) in [5.74, 6) is -0.190. The highest BCUT2D eigenvalue weighted by Crippen LogP contribution is 2.19. The Morgan fingerprint density at radius 3 is 2.65 bits per heavy atom. The van der Waals surface area contributed by atoms with Gasteiger partial charge in [0.05, 0.1) is 5.69 Å². The minimum absolute atomic E-state index is 0.0543. The van der Waals surface area contributed by atoms with E-state index in [1.165, 1.54) is 21.9 Å². The number of nitrogens with one attached hydrogen (secondary N) is 1. The lowest BCUT2D eigenvalue weighted by Crippen LogP contribution is -2.33. The van der Waals surface area contributed by atoms with E-state index in [1.807, 2.05) is 32.0 Å². The van der Waals surface area contributed by atoms with Crippen LogP contribution in [0.4, 0.5) is 0 Å². The van der Waals surface area contributed by atoms with Gasteiger partial charge in [0, 0.05) is 18.2 Å². The van der Waals surface area contributed by atoms with Crippen LogP contribution >= 0.6 is 0 Å². The van der Waals surface area contributed by atoms with Gasteiger partial charge in [0.2, 0.25) is 5.91 Å². The monoisotopic (exact) mass is 313 g/mol. The fraction of sp³-hybridized carbons (Fsp3) is 0.389. The van der Waals surface area contributed by atoms with Crippen molar-refractivity contribution in [3.63, 3.8) is 0 Å². The van der Waals surface area contributed by atoms with Crippen LogP contribution in [0.5, 0.6) is 0 Å². The molecule has 0 spiro atoms. The van der Waals surface area contributed by atoms with Gasteiger partial charge < -0.3 is 5.32 Å². The topological polar surface area (TPSA) is 64.0 Å². The molecule has 122 valence electrons. The standard InChI is InChI=1S/C18H23N3O2/c1-4-5-10-19-17(22)12-21-18(23)9-8-16(20-21)15-7-6-13(2)14(3)11-15/h6-9,11H,4-5,10,12H2,1-3H3,(H,19,22). The minimum Gasteiger partial charge on any atom is -0.354 e. The van der Waals surface area contributed by atoms with E-state index in [1.54, 1.807) is 6.07 Å². The molecular formula is C18H23N3O2. The van der Waals surface area contributed by atoms with Crippen molar-refractivity contribution in [1.82, 2.24) is 15.1 Å². The minimum atomic E-state index is -0.275. The lowest BCUT2D eigenvalue weighted by Gasteiger charge is -2.09. The van der Waals surface area contributed by atoms with Gasteiger partial charge >= 0.3 is 0 Å². The Morgan fingerprint density at radius 2 is 1.96 bits per heavy atom. The molecule has 0 bridgehead atoms. The van der Waals surface area contributed by atoms with Crippen LogP contribution in [0.3, 0.4) is 0 Å². The summed E-state index contributed by atoms with van der Waals surface area (Å²) in [6, 6.07) is 9.18. The Morgan fingerprint density at radius 1 is 1.17 bits per heavy atom. The molecule has 0 atom stereocenters. The second kappa shape index (κ2) is 7.72. The van der Waals surface area contributed by atoms with E-state index in [0.717, 1.165) is 18.4 Å². The van der Waals surface area contributed by atoms with Gasteiger partial charge in [0.25, 0.3) is 5.56 Å².